The van der Waals surface area contributed by atoms with Crippen molar-refractivity contribution in [3.63, 3.8) is 0 Å². The molecule has 13 heavy (non-hydrogen) atoms. The molecule has 0 aromatic rings. The Balaban J connectivity index is 2.28. The number of hydrogen-bond donors (Lipinski definition) is 1. The molecule has 1 fully saturated rings. The lowest BCUT2D eigenvalue weighted by atomic mass is 9.94. The molecular weight excluding hydrogens is 184 g/mol. The van der Waals surface area contributed by atoms with Crippen LogP contribution in [0.4, 0.5) is 0 Å². The molecule has 2 atom stereocenters. The van der Waals surface area contributed by atoms with Crippen LogP contribution in [0.1, 0.15) is 39.0 Å². The van der Waals surface area contributed by atoms with Crippen LogP contribution in [0.5, 0.6) is 0 Å². The lowest BCUT2D eigenvalue weighted by Crippen LogP contribution is -2.15. The van der Waals surface area contributed by atoms with Gasteiger partial charge in [0.05, 0.1) is 0 Å². The van der Waals surface area contributed by atoms with Gasteiger partial charge >= 0.3 is 5.97 Å². The number of carbonyl (C=O) groups is 1. The van der Waals surface area contributed by atoms with Crippen molar-refractivity contribution in [3.05, 3.63) is 0 Å². The minimum atomic E-state index is -0.651. The van der Waals surface area contributed by atoms with Crippen molar-refractivity contribution in [2.75, 3.05) is 5.75 Å². The molecule has 0 radical (unpaired) electrons. The topological polar surface area (TPSA) is 37.3 Å². The Bertz CT molecular complexity index is 164. The van der Waals surface area contributed by atoms with Gasteiger partial charge < -0.3 is 5.11 Å². The summed E-state index contributed by atoms with van der Waals surface area (Å²) in [7, 11) is 0. The summed E-state index contributed by atoms with van der Waals surface area (Å²) in [5.74, 6) is 1.25. The van der Waals surface area contributed by atoms with Gasteiger partial charge in [-0.25, -0.2) is 0 Å². The number of carboxylic acids is 1. The Labute approximate surface area is 84.1 Å². The minimum Gasteiger partial charge on any atom is -0.481 e. The summed E-state index contributed by atoms with van der Waals surface area (Å²) >= 11 is 2.03. The Morgan fingerprint density at radius 1 is 1.69 bits per heavy atom. The van der Waals surface area contributed by atoms with Crippen molar-refractivity contribution in [2.24, 2.45) is 5.92 Å². The standard InChI is InChI=1S/C10H18O2S/c1-2-8(5-6-10(11)12)9-4-3-7-13-9/h8-9H,2-7H2,1H3,(H,11,12). The fourth-order valence-electron chi connectivity index (χ4n) is 1.94. The molecular formula is C10H18O2S. The van der Waals surface area contributed by atoms with Crippen LogP contribution in [-0.4, -0.2) is 22.1 Å². The molecule has 0 aliphatic carbocycles. The van der Waals surface area contributed by atoms with Crippen molar-refractivity contribution in [1.82, 2.24) is 0 Å². The number of carboxylic acid groups (broad SMARTS) is 1. The first-order chi connectivity index (χ1) is 6.24. The molecule has 0 saturated carbocycles. The summed E-state index contributed by atoms with van der Waals surface area (Å²) in [5.41, 5.74) is 0. The average Bonchev–Trinajstić information content (AvgIpc) is 2.58. The summed E-state index contributed by atoms with van der Waals surface area (Å²) in [5, 5.41) is 9.33. The number of rotatable bonds is 5. The van der Waals surface area contributed by atoms with Gasteiger partial charge in [0.15, 0.2) is 0 Å². The van der Waals surface area contributed by atoms with E-state index in [-0.39, 0.29) is 0 Å². The van der Waals surface area contributed by atoms with Crippen LogP contribution in [0, 0.1) is 5.92 Å². The number of aliphatic carboxylic acids is 1. The number of thioether (sulfide) groups is 1. The molecule has 2 nitrogen and oxygen atoms in total. The van der Waals surface area contributed by atoms with Gasteiger partial charge in [0.1, 0.15) is 0 Å². The molecule has 1 rings (SSSR count). The molecule has 3 heteroatoms. The fraction of sp³-hybridized carbons (Fsp3) is 0.900. The van der Waals surface area contributed by atoms with E-state index in [1.165, 1.54) is 18.6 Å². The van der Waals surface area contributed by atoms with E-state index in [1.54, 1.807) is 0 Å². The summed E-state index contributed by atoms with van der Waals surface area (Å²) in [6, 6.07) is 0. The zero-order valence-electron chi connectivity index (χ0n) is 8.16. The fourth-order valence-corrected chi connectivity index (χ4v) is 3.51. The average molecular weight is 202 g/mol. The van der Waals surface area contributed by atoms with E-state index in [0.29, 0.717) is 12.3 Å². The third-order valence-electron chi connectivity index (χ3n) is 2.74. The summed E-state index contributed by atoms with van der Waals surface area (Å²) in [4.78, 5) is 10.4. The van der Waals surface area contributed by atoms with Crippen molar-refractivity contribution >= 4 is 17.7 Å². The highest BCUT2D eigenvalue weighted by Gasteiger charge is 2.24. The SMILES string of the molecule is CCC(CCC(=O)O)C1CCCS1. The highest BCUT2D eigenvalue weighted by molar-refractivity contribution is 8.00. The van der Waals surface area contributed by atoms with Gasteiger partial charge in [-0.05, 0) is 30.9 Å². The van der Waals surface area contributed by atoms with Gasteiger partial charge in [-0.1, -0.05) is 13.3 Å². The van der Waals surface area contributed by atoms with Crippen molar-refractivity contribution < 1.29 is 9.90 Å². The third kappa shape index (κ3) is 3.59. The largest absolute Gasteiger partial charge is 0.481 e. The summed E-state index contributed by atoms with van der Waals surface area (Å²) in [6.07, 6.45) is 4.95. The van der Waals surface area contributed by atoms with Crippen molar-refractivity contribution in [3.8, 4) is 0 Å². The van der Waals surface area contributed by atoms with Gasteiger partial charge in [-0.3, -0.25) is 4.79 Å². The Morgan fingerprint density at radius 2 is 2.46 bits per heavy atom. The zero-order chi connectivity index (χ0) is 9.68. The van der Waals surface area contributed by atoms with E-state index in [0.717, 1.165) is 18.1 Å². The lowest BCUT2D eigenvalue weighted by molar-refractivity contribution is -0.137. The van der Waals surface area contributed by atoms with Gasteiger partial charge in [0.25, 0.3) is 0 Å². The van der Waals surface area contributed by atoms with E-state index < -0.39 is 5.97 Å². The Kier molecular flexibility index (Phi) is 4.64. The van der Waals surface area contributed by atoms with E-state index in [1.807, 2.05) is 11.8 Å². The van der Waals surface area contributed by atoms with Gasteiger partial charge in [-0.2, -0.15) is 11.8 Å². The molecule has 1 N–H and O–H groups in total. The van der Waals surface area contributed by atoms with Crippen LogP contribution < -0.4 is 0 Å². The van der Waals surface area contributed by atoms with E-state index in [4.69, 9.17) is 5.11 Å². The first-order valence-corrected chi connectivity index (χ1v) is 6.12. The molecule has 2 unspecified atom stereocenters. The van der Waals surface area contributed by atoms with Crippen molar-refractivity contribution in [1.29, 1.82) is 0 Å². The van der Waals surface area contributed by atoms with Gasteiger partial charge in [0, 0.05) is 11.7 Å². The van der Waals surface area contributed by atoms with Gasteiger partial charge in [-0.15, -0.1) is 0 Å². The molecule has 0 aromatic carbocycles. The van der Waals surface area contributed by atoms with Crippen LogP contribution in [0.15, 0.2) is 0 Å². The molecule has 76 valence electrons. The van der Waals surface area contributed by atoms with E-state index in [2.05, 4.69) is 6.92 Å². The molecule has 0 aromatic heterocycles. The molecule has 0 bridgehead atoms. The molecule has 1 aliphatic rings. The second-order valence-electron chi connectivity index (χ2n) is 3.65. The second kappa shape index (κ2) is 5.53. The van der Waals surface area contributed by atoms with E-state index >= 15 is 0 Å². The maximum Gasteiger partial charge on any atom is 0.303 e. The van der Waals surface area contributed by atoms with Crippen LogP contribution in [0.3, 0.4) is 0 Å². The van der Waals surface area contributed by atoms with Crippen LogP contribution in [-0.2, 0) is 4.79 Å². The molecule has 1 heterocycles. The highest BCUT2D eigenvalue weighted by atomic mass is 32.2. The van der Waals surface area contributed by atoms with Crippen LogP contribution in [0.25, 0.3) is 0 Å². The third-order valence-corrected chi connectivity index (χ3v) is 4.32. The molecule has 1 aliphatic heterocycles. The second-order valence-corrected chi connectivity index (χ2v) is 5.00. The summed E-state index contributed by atoms with van der Waals surface area (Å²) < 4.78 is 0. The monoisotopic (exact) mass is 202 g/mol. The van der Waals surface area contributed by atoms with E-state index in [9.17, 15) is 4.79 Å². The molecule has 0 spiro atoms. The maximum atomic E-state index is 10.4. The van der Waals surface area contributed by atoms with Crippen LogP contribution >= 0.6 is 11.8 Å². The van der Waals surface area contributed by atoms with Crippen LogP contribution in [0.2, 0.25) is 0 Å². The Morgan fingerprint density at radius 3 is 2.92 bits per heavy atom. The lowest BCUT2D eigenvalue weighted by Gasteiger charge is -2.20. The predicted molar refractivity (Wildman–Crippen MR) is 56.1 cm³/mol. The normalized spacial score (nSPS) is 24.5. The first kappa shape index (κ1) is 10.9. The van der Waals surface area contributed by atoms with Crippen molar-refractivity contribution in [2.45, 2.75) is 44.3 Å². The quantitative estimate of drug-likeness (QED) is 0.745. The number of hydrogen-bond acceptors (Lipinski definition) is 2. The highest BCUT2D eigenvalue weighted by Crippen LogP contribution is 2.35. The summed E-state index contributed by atoms with van der Waals surface area (Å²) in [6.45, 7) is 2.17. The Hall–Kier alpha value is -0.180. The van der Waals surface area contributed by atoms with Gasteiger partial charge in [0.2, 0.25) is 0 Å². The zero-order valence-corrected chi connectivity index (χ0v) is 8.98. The smallest absolute Gasteiger partial charge is 0.303 e. The molecule has 1 saturated heterocycles. The maximum absolute atomic E-state index is 10.4. The molecule has 0 amide bonds. The first-order valence-electron chi connectivity index (χ1n) is 5.07. The minimum absolute atomic E-state index is 0.343. The predicted octanol–water partition coefficient (Wildman–Crippen LogP) is 2.77.